The third-order valence-electron chi connectivity index (χ3n) is 5.30. The number of aromatic nitrogens is 3. The van der Waals surface area contributed by atoms with Crippen LogP contribution in [0.15, 0.2) is 30.5 Å². The lowest BCUT2D eigenvalue weighted by Crippen LogP contribution is -2.18. The van der Waals surface area contributed by atoms with Crippen LogP contribution in [-0.4, -0.2) is 14.6 Å². The van der Waals surface area contributed by atoms with E-state index >= 15 is 0 Å². The molecule has 10 heteroatoms. The van der Waals surface area contributed by atoms with Crippen molar-refractivity contribution < 1.29 is 26.7 Å². The van der Waals surface area contributed by atoms with Gasteiger partial charge in [0.2, 0.25) is 0 Å². The first-order chi connectivity index (χ1) is 13.7. The number of ether oxygens (including phenoxy) is 1. The number of hydrogen-bond donors (Lipinski definition) is 0. The first kappa shape index (κ1) is 22.3. The molecule has 4 rings (SSSR count). The normalized spacial score (nSPS) is 15.5. The summed E-state index contributed by atoms with van der Waals surface area (Å²) >= 11 is 0. The number of halogens is 5. The SMILES string of the molecule is CC(Oc1ccc(F)cc1F)c1ccn2c(CC3CCC3)nnc2c1C(F)(F)F.S. The van der Waals surface area contributed by atoms with Gasteiger partial charge in [0.25, 0.3) is 0 Å². The molecule has 0 spiro atoms. The number of hydrogen-bond acceptors (Lipinski definition) is 3. The van der Waals surface area contributed by atoms with Crippen molar-refractivity contribution in [1.29, 1.82) is 0 Å². The molecule has 2 aromatic heterocycles. The second-order valence-electron chi connectivity index (χ2n) is 7.29. The Morgan fingerprint density at radius 2 is 1.90 bits per heavy atom. The number of nitrogens with zero attached hydrogens (tertiary/aromatic N) is 3. The zero-order valence-electron chi connectivity index (χ0n) is 16.0. The van der Waals surface area contributed by atoms with Crippen LogP contribution in [-0.2, 0) is 12.6 Å². The summed E-state index contributed by atoms with van der Waals surface area (Å²) in [6.45, 7) is 1.37. The number of rotatable bonds is 5. The van der Waals surface area contributed by atoms with Gasteiger partial charge in [-0.1, -0.05) is 19.3 Å². The topological polar surface area (TPSA) is 39.4 Å². The van der Waals surface area contributed by atoms with E-state index in [1.54, 1.807) is 0 Å². The molecule has 30 heavy (non-hydrogen) atoms. The minimum absolute atomic E-state index is 0. The molecule has 3 aromatic rings. The summed E-state index contributed by atoms with van der Waals surface area (Å²) in [6.07, 6.45) is -0.616. The molecule has 1 saturated carbocycles. The molecule has 0 amide bonds. The Bertz CT molecular complexity index is 1050. The van der Waals surface area contributed by atoms with Crippen molar-refractivity contribution >= 4 is 19.1 Å². The fraction of sp³-hybridized carbons (Fsp3) is 0.400. The van der Waals surface area contributed by atoms with Gasteiger partial charge >= 0.3 is 6.18 Å². The maximum absolute atomic E-state index is 13.9. The van der Waals surface area contributed by atoms with Crippen LogP contribution < -0.4 is 4.74 Å². The molecule has 1 atom stereocenters. The summed E-state index contributed by atoms with van der Waals surface area (Å²) in [4.78, 5) is 0. The minimum atomic E-state index is -4.71. The summed E-state index contributed by atoms with van der Waals surface area (Å²) in [5.41, 5.74) is -1.47. The van der Waals surface area contributed by atoms with Crippen LogP contribution in [0.1, 0.15) is 49.2 Å². The third kappa shape index (κ3) is 4.23. The van der Waals surface area contributed by atoms with E-state index in [1.165, 1.54) is 23.6 Å². The molecule has 162 valence electrons. The first-order valence-corrected chi connectivity index (χ1v) is 9.29. The maximum atomic E-state index is 13.9. The smallest absolute Gasteiger partial charge is 0.420 e. The summed E-state index contributed by atoms with van der Waals surface area (Å²) in [5, 5.41) is 7.76. The number of benzene rings is 1. The van der Waals surface area contributed by atoms with Crippen LogP contribution in [0, 0.1) is 17.6 Å². The van der Waals surface area contributed by atoms with Gasteiger partial charge in [-0.25, -0.2) is 8.78 Å². The predicted octanol–water partition coefficient (Wildman–Crippen LogP) is 5.62. The van der Waals surface area contributed by atoms with Crippen LogP contribution in [0.2, 0.25) is 0 Å². The van der Waals surface area contributed by atoms with E-state index in [2.05, 4.69) is 10.2 Å². The minimum Gasteiger partial charge on any atom is -0.483 e. The summed E-state index contributed by atoms with van der Waals surface area (Å²) < 4.78 is 75.3. The van der Waals surface area contributed by atoms with Crippen LogP contribution in [0.5, 0.6) is 5.75 Å². The highest BCUT2D eigenvalue weighted by atomic mass is 32.1. The van der Waals surface area contributed by atoms with Gasteiger partial charge in [0.15, 0.2) is 17.2 Å². The number of pyridine rings is 1. The Balaban J connectivity index is 0.00000256. The highest BCUT2D eigenvalue weighted by molar-refractivity contribution is 7.59. The van der Waals surface area contributed by atoms with Gasteiger partial charge in [0.05, 0.1) is 0 Å². The van der Waals surface area contributed by atoms with Gasteiger partial charge in [-0.05, 0) is 31.0 Å². The van der Waals surface area contributed by atoms with Crippen molar-refractivity contribution in [2.75, 3.05) is 0 Å². The highest BCUT2D eigenvalue weighted by Gasteiger charge is 2.39. The quantitative estimate of drug-likeness (QED) is 0.479. The fourth-order valence-corrected chi connectivity index (χ4v) is 3.57. The van der Waals surface area contributed by atoms with Crippen molar-refractivity contribution in [2.45, 2.75) is 44.9 Å². The number of alkyl halides is 3. The second-order valence-corrected chi connectivity index (χ2v) is 7.29. The molecular weight excluding hydrogens is 425 g/mol. The Morgan fingerprint density at radius 1 is 1.17 bits per heavy atom. The Labute approximate surface area is 176 Å². The van der Waals surface area contributed by atoms with E-state index in [9.17, 15) is 22.0 Å². The molecule has 0 saturated heterocycles. The van der Waals surface area contributed by atoms with Crippen LogP contribution in [0.3, 0.4) is 0 Å². The van der Waals surface area contributed by atoms with E-state index < -0.39 is 29.5 Å². The zero-order chi connectivity index (χ0) is 20.8. The van der Waals surface area contributed by atoms with Gasteiger partial charge in [0, 0.05) is 24.2 Å². The van der Waals surface area contributed by atoms with Crippen molar-refractivity contribution in [3.8, 4) is 5.75 Å². The Kier molecular flexibility index (Phi) is 6.26. The van der Waals surface area contributed by atoms with Crippen molar-refractivity contribution in [3.63, 3.8) is 0 Å². The molecule has 0 N–H and O–H groups in total. The first-order valence-electron chi connectivity index (χ1n) is 9.29. The molecule has 0 aliphatic heterocycles. The van der Waals surface area contributed by atoms with E-state index in [1.807, 2.05) is 0 Å². The highest BCUT2D eigenvalue weighted by Crippen LogP contribution is 2.39. The van der Waals surface area contributed by atoms with E-state index in [0.29, 0.717) is 24.2 Å². The van der Waals surface area contributed by atoms with E-state index in [4.69, 9.17) is 4.74 Å². The summed E-state index contributed by atoms with van der Waals surface area (Å²) in [6, 6.07) is 3.92. The Hall–Kier alpha value is -2.36. The number of fused-ring (bicyclic) bond motifs is 1. The fourth-order valence-electron chi connectivity index (χ4n) is 3.57. The standard InChI is InChI=1S/C20H18F5N3O.H2S/c1-11(29-16-6-5-13(21)10-15(16)22)14-7-8-28-17(9-12-3-2-4-12)26-27-19(28)18(14)20(23,24)25;/h5-8,10-12H,2-4,9H2,1H3;1H2. The van der Waals surface area contributed by atoms with Gasteiger partial charge in [-0.2, -0.15) is 26.7 Å². The van der Waals surface area contributed by atoms with Crippen LogP contribution >= 0.6 is 13.5 Å². The lowest BCUT2D eigenvalue weighted by Gasteiger charge is -2.24. The average Bonchev–Trinajstić information content (AvgIpc) is 3.01. The van der Waals surface area contributed by atoms with Crippen molar-refractivity contribution in [1.82, 2.24) is 14.6 Å². The lowest BCUT2D eigenvalue weighted by molar-refractivity contribution is -0.138. The third-order valence-corrected chi connectivity index (χ3v) is 5.30. The Morgan fingerprint density at radius 3 is 2.50 bits per heavy atom. The molecule has 0 bridgehead atoms. The second kappa shape index (κ2) is 8.41. The maximum Gasteiger partial charge on any atom is 0.420 e. The molecule has 2 heterocycles. The molecule has 0 radical (unpaired) electrons. The van der Waals surface area contributed by atoms with Gasteiger partial charge in [0.1, 0.15) is 23.3 Å². The monoisotopic (exact) mass is 445 g/mol. The van der Waals surface area contributed by atoms with Crippen molar-refractivity contribution in [3.05, 3.63) is 59.0 Å². The molecule has 4 nitrogen and oxygen atoms in total. The predicted molar refractivity (Wildman–Crippen MR) is 105 cm³/mol. The molecule has 1 aliphatic carbocycles. The lowest BCUT2D eigenvalue weighted by atomic mass is 9.83. The summed E-state index contributed by atoms with van der Waals surface area (Å²) in [7, 11) is 0. The van der Waals surface area contributed by atoms with Crippen molar-refractivity contribution in [2.24, 2.45) is 5.92 Å². The van der Waals surface area contributed by atoms with Gasteiger partial charge < -0.3 is 4.74 Å². The molecule has 1 fully saturated rings. The largest absolute Gasteiger partial charge is 0.483 e. The molecule has 1 unspecified atom stereocenters. The van der Waals surface area contributed by atoms with E-state index in [-0.39, 0.29) is 30.5 Å². The average molecular weight is 445 g/mol. The zero-order valence-corrected chi connectivity index (χ0v) is 17.0. The summed E-state index contributed by atoms with van der Waals surface area (Å²) in [5.74, 6) is -1.22. The molecule has 1 aliphatic rings. The van der Waals surface area contributed by atoms with Gasteiger partial charge in [-0.3, -0.25) is 4.40 Å². The molecule has 1 aromatic carbocycles. The van der Waals surface area contributed by atoms with Crippen LogP contribution in [0.25, 0.3) is 5.65 Å². The van der Waals surface area contributed by atoms with Gasteiger partial charge in [-0.15, -0.1) is 10.2 Å². The molecular formula is C20H20F5N3OS. The van der Waals surface area contributed by atoms with E-state index in [0.717, 1.165) is 31.4 Å². The van der Waals surface area contributed by atoms with Crippen LogP contribution in [0.4, 0.5) is 22.0 Å².